The zero-order valence-corrected chi connectivity index (χ0v) is 14.5. The lowest BCUT2D eigenvalue weighted by Crippen LogP contribution is -2.35. The molecular formula is C17H14BrFN2O4. The summed E-state index contributed by atoms with van der Waals surface area (Å²) in [7, 11) is 0. The van der Waals surface area contributed by atoms with E-state index in [9.17, 15) is 18.8 Å². The Labute approximate surface area is 151 Å². The van der Waals surface area contributed by atoms with Crippen LogP contribution in [0.15, 0.2) is 46.9 Å². The first-order chi connectivity index (χ1) is 12.0. The number of anilines is 1. The number of carbonyl (C=O) groups excluding carboxylic acids is 3. The van der Waals surface area contributed by atoms with Crippen LogP contribution in [-0.2, 0) is 9.59 Å². The minimum absolute atomic E-state index is 0.263. The van der Waals surface area contributed by atoms with Crippen LogP contribution in [0.4, 0.5) is 10.1 Å². The highest BCUT2D eigenvalue weighted by atomic mass is 79.9. The molecule has 0 radical (unpaired) electrons. The van der Waals surface area contributed by atoms with Gasteiger partial charge in [0.15, 0.2) is 12.9 Å². The first-order valence-corrected chi connectivity index (χ1v) is 7.97. The zero-order valence-electron chi connectivity index (χ0n) is 12.9. The number of hydrogen-bond acceptors (Lipinski definition) is 4. The van der Waals surface area contributed by atoms with Crippen LogP contribution in [-0.4, -0.2) is 31.3 Å². The summed E-state index contributed by atoms with van der Waals surface area (Å²) >= 11 is 3.23. The van der Waals surface area contributed by atoms with Gasteiger partial charge in [0.1, 0.15) is 11.6 Å². The van der Waals surface area contributed by atoms with Gasteiger partial charge in [0, 0.05) is 10.2 Å². The Morgan fingerprint density at radius 2 is 1.84 bits per heavy atom. The van der Waals surface area contributed by atoms with Crippen molar-refractivity contribution in [3.8, 4) is 5.75 Å². The average molecular weight is 409 g/mol. The number of carbonyl (C=O) groups is 3. The number of aldehydes is 1. The Morgan fingerprint density at radius 3 is 2.52 bits per heavy atom. The first-order valence-electron chi connectivity index (χ1n) is 7.17. The van der Waals surface area contributed by atoms with Crippen LogP contribution in [0.1, 0.15) is 10.4 Å². The molecule has 2 rings (SSSR count). The summed E-state index contributed by atoms with van der Waals surface area (Å²) in [6, 6.07) is 10.0. The van der Waals surface area contributed by atoms with Crippen LogP contribution >= 0.6 is 15.9 Å². The van der Waals surface area contributed by atoms with Gasteiger partial charge >= 0.3 is 0 Å². The summed E-state index contributed by atoms with van der Waals surface area (Å²) in [5, 5.41) is 4.90. The monoisotopic (exact) mass is 408 g/mol. The molecule has 0 saturated heterocycles. The second-order valence-corrected chi connectivity index (χ2v) is 5.84. The number of halogens is 2. The zero-order chi connectivity index (χ0) is 18.2. The van der Waals surface area contributed by atoms with Crippen molar-refractivity contribution in [2.45, 2.75) is 0 Å². The molecule has 6 nitrogen and oxygen atoms in total. The third-order valence-electron chi connectivity index (χ3n) is 3.03. The fourth-order valence-corrected chi connectivity index (χ4v) is 2.23. The number of nitrogens with one attached hydrogen (secondary N) is 2. The van der Waals surface area contributed by atoms with E-state index >= 15 is 0 Å². The van der Waals surface area contributed by atoms with Crippen LogP contribution in [0.5, 0.6) is 5.75 Å². The summed E-state index contributed by atoms with van der Waals surface area (Å²) in [6.07, 6.45) is 0.619. The topological polar surface area (TPSA) is 84.5 Å². The van der Waals surface area contributed by atoms with Gasteiger partial charge in [0.2, 0.25) is 5.91 Å². The Bertz CT molecular complexity index is 781. The van der Waals surface area contributed by atoms with Crippen molar-refractivity contribution in [3.63, 3.8) is 0 Å². The van der Waals surface area contributed by atoms with Gasteiger partial charge in [-0.05, 0) is 42.5 Å². The number of hydrogen-bond donors (Lipinski definition) is 2. The Hall–Kier alpha value is -2.74. The number of rotatable bonds is 7. The van der Waals surface area contributed by atoms with Crippen molar-refractivity contribution >= 4 is 39.7 Å². The van der Waals surface area contributed by atoms with Gasteiger partial charge in [-0.25, -0.2) is 4.39 Å². The summed E-state index contributed by atoms with van der Waals surface area (Å²) in [6.45, 7) is -0.604. The molecule has 0 aliphatic heterocycles. The second-order valence-electron chi connectivity index (χ2n) is 4.92. The Kier molecular flexibility index (Phi) is 6.64. The number of ether oxygens (including phenoxy) is 1. The molecule has 25 heavy (non-hydrogen) atoms. The van der Waals surface area contributed by atoms with Gasteiger partial charge in [-0.1, -0.05) is 15.9 Å². The highest BCUT2D eigenvalue weighted by Crippen LogP contribution is 2.21. The smallest absolute Gasteiger partial charge is 0.258 e. The van der Waals surface area contributed by atoms with Gasteiger partial charge < -0.3 is 15.4 Å². The molecule has 8 heteroatoms. The molecular weight excluding hydrogens is 395 g/mol. The van der Waals surface area contributed by atoms with E-state index in [-0.39, 0.29) is 18.9 Å². The third kappa shape index (κ3) is 6.00. The van der Waals surface area contributed by atoms with E-state index in [0.717, 1.165) is 0 Å². The van der Waals surface area contributed by atoms with E-state index in [1.807, 2.05) is 0 Å². The van der Waals surface area contributed by atoms with Crippen molar-refractivity contribution in [3.05, 3.63) is 58.3 Å². The molecule has 0 bridgehead atoms. The summed E-state index contributed by atoms with van der Waals surface area (Å²) in [5.41, 5.74) is 0.721. The van der Waals surface area contributed by atoms with Crippen LogP contribution in [0.3, 0.4) is 0 Å². The lowest BCUT2D eigenvalue weighted by Gasteiger charge is -2.10. The predicted molar refractivity (Wildman–Crippen MR) is 93.1 cm³/mol. The normalized spacial score (nSPS) is 10.0. The Balaban J connectivity index is 1.78. The van der Waals surface area contributed by atoms with Gasteiger partial charge in [-0.3, -0.25) is 14.4 Å². The molecule has 0 aliphatic rings. The molecule has 0 fully saturated rings. The minimum atomic E-state index is -0.519. The molecule has 0 aromatic heterocycles. The van der Waals surface area contributed by atoms with Gasteiger partial charge in [-0.15, -0.1) is 0 Å². The third-order valence-corrected chi connectivity index (χ3v) is 3.52. The van der Waals surface area contributed by atoms with E-state index in [4.69, 9.17) is 4.74 Å². The van der Waals surface area contributed by atoms with E-state index in [2.05, 4.69) is 26.6 Å². The molecule has 0 saturated carbocycles. The van der Waals surface area contributed by atoms with E-state index < -0.39 is 17.6 Å². The van der Waals surface area contributed by atoms with Crippen molar-refractivity contribution < 1.29 is 23.5 Å². The molecule has 0 atom stereocenters. The quantitative estimate of drug-likeness (QED) is 0.689. The fraction of sp³-hybridized carbons (Fsp3) is 0.118. The van der Waals surface area contributed by atoms with E-state index in [0.29, 0.717) is 22.0 Å². The van der Waals surface area contributed by atoms with Crippen LogP contribution < -0.4 is 15.4 Å². The van der Waals surface area contributed by atoms with Crippen LogP contribution in [0.2, 0.25) is 0 Å². The fourth-order valence-electron chi connectivity index (χ4n) is 1.85. The van der Waals surface area contributed by atoms with Crippen molar-refractivity contribution in [2.24, 2.45) is 0 Å². The Morgan fingerprint density at radius 1 is 1.12 bits per heavy atom. The standard InChI is InChI=1S/C17H14BrFN2O4/c18-12-1-6-15(11(7-12)9-22)25-10-17(24)20-8-16(23)21-14-4-2-13(19)3-5-14/h1-7,9H,8,10H2,(H,20,24)(H,21,23). The maximum atomic E-state index is 12.8. The van der Waals surface area contributed by atoms with E-state index in [1.165, 1.54) is 24.3 Å². The highest BCUT2D eigenvalue weighted by Gasteiger charge is 2.09. The first kappa shape index (κ1) is 18.6. The van der Waals surface area contributed by atoms with Gasteiger partial charge in [0.25, 0.3) is 5.91 Å². The minimum Gasteiger partial charge on any atom is -0.483 e. The molecule has 130 valence electrons. The summed E-state index contributed by atoms with van der Waals surface area (Å²) in [5.74, 6) is -1.12. The highest BCUT2D eigenvalue weighted by molar-refractivity contribution is 9.10. The molecule has 0 heterocycles. The van der Waals surface area contributed by atoms with Crippen molar-refractivity contribution in [1.82, 2.24) is 5.32 Å². The summed E-state index contributed by atoms with van der Waals surface area (Å²) < 4.78 is 18.8. The predicted octanol–water partition coefficient (Wildman–Crippen LogP) is 2.53. The molecule has 0 unspecified atom stereocenters. The maximum absolute atomic E-state index is 12.8. The second kappa shape index (κ2) is 8.93. The molecule has 2 aromatic rings. The SMILES string of the molecule is O=Cc1cc(Br)ccc1OCC(=O)NCC(=O)Nc1ccc(F)cc1. The van der Waals surface area contributed by atoms with Gasteiger partial charge in [0.05, 0.1) is 12.1 Å². The molecule has 2 aromatic carbocycles. The number of benzene rings is 2. The summed E-state index contributed by atoms with van der Waals surface area (Å²) in [4.78, 5) is 34.4. The molecule has 2 amide bonds. The lowest BCUT2D eigenvalue weighted by atomic mass is 10.2. The molecule has 0 spiro atoms. The largest absolute Gasteiger partial charge is 0.483 e. The van der Waals surface area contributed by atoms with Gasteiger partial charge in [-0.2, -0.15) is 0 Å². The maximum Gasteiger partial charge on any atom is 0.258 e. The lowest BCUT2D eigenvalue weighted by molar-refractivity contribution is -0.125. The van der Waals surface area contributed by atoms with Crippen molar-refractivity contribution in [2.75, 3.05) is 18.5 Å². The van der Waals surface area contributed by atoms with Crippen molar-refractivity contribution in [1.29, 1.82) is 0 Å². The van der Waals surface area contributed by atoms with Crippen LogP contribution in [0, 0.1) is 5.82 Å². The number of amides is 2. The average Bonchev–Trinajstić information content (AvgIpc) is 2.60. The van der Waals surface area contributed by atoms with Crippen LogP contribution in [0.25, 0.3) is 0 Å². The van der Waals surface area contributed by atoms with E-state index in [1.54, 1.807) is 18.2 Å². The molecule has 2 N–H and O–H groups in total. The molecule has 0 aliphatic carbocycles.